The number of amides is 1. The summed E-state index contributed by atoms with van der Waals surface area (Å²) >= 11 is 6.46. The Morgan fingerprint density at radius 3 is 2.19 bits per heavy atom. The molecule has 0 radical (unpaired) electrons. The minimum Gasteiger partial charge on any atom is -0.462 e. The maximum absolute atomic E-state index is 14.1. The van der Waals surface area contributed by atoms with E-state index in [4.69, 9.17) is 21.1 Å². The molecule has 1 N–H and O–H groups in total. The second-order valence-corrected chi connectivity index (χ2v) is 22.7. The lowest BCUT2D eigenvalue weighted by Gasteiger charge is -2.72. The van der Waals surface area contributed by atoms with Gasteiger partial charge in [0, 0.05) is 22.3 Å². The van der Waals surface area contributed by atoms with E-state index in [0.717, 1.165) is 62.5 Å². The normalized spacial score (nSPS) is 35.1. The van der Waals surface area contributed by atoms with Gasteiger partial charge in [0.25, 0.3) is 0 Å². The van der Waals surface area contributed by atoms with E-state index in [0.29, 0.717) is 23.3 Å². The van der Waals surface area contributed by atoms with Crippen LogP contribution in [0.5, 0.6) is 0 Å². The van der Waals surface area contributed by atoms with Crippen molar-refractivity contribution in [1.82, 2.24) is 5.32 Å². The average Bonchev–Trinajstić information content (AvgIpc) is 3.40. The first-order valence-corrected chi connectivity index (χ1v) is 22.5. The van der Waals surface area contributed by atoms with E-state index in [1.54, 1.807) is 19.9 Å². The van der Waals surface area contributed by atoms with Gasteiger partial charge in [-0.25, -0.2) is 0 Å². The predicted octanol–water partition coefficient (Wildman–Crippen LogP) is 11.7. The van der Waals surface area contributed by atoms with Crippen molar-refractivity contribution in [2.75, 3.05) is 0 Å². The Morgan fingerprint density at radius 2 is 1.55 bits per heavy atom. The lowest BCUT2D eigenvalue weighted by atomic mass is 9.33. The number of rotatable bonds is 9. The minimum absolute atomic E-state index is 0.0110. The highest BCUT2D eigenvalue weighted by Gasteiger charge is 2.70. The van der Waals surface area contributed by atoms with Crippen LogP contribution in [0.15, 0.2) is 47.6 Å². The molecule has 0 unspecified atom stereocenters. The van der Waals surface area contributed by atoms with Crippen LogP contribution in [0.4, 0.5) is 0 Å². The minimum atomic E-state index is -0.983. The molecule has 4 saturated carbocycles. The molecule has 0 heterocycles. The zero-order chi connectivity index (χ0) is 43.0. The van der Waals surface area contributed by atoms with Crippen molar-refractivity contribution in [3.8, 4) is 0 Å². The zero-order valence-corrected chi connectivity index (χ0v) is 38.6. The van der Waals surface area contributed by atoms with E-state index in [9.17, 15) is 19.2 Å². The lowest BCUT2D eigenvalue weighted by molar-refractivity contribution is -0.232. The molecule has 0 spiro atoms. The van der Waals surface area contributed by atoms with Gasteiger partial charge in [0.2, 0.25) is 5.91 Å². The molecular weight excluding hydrogens is 746 g/mol. The Bertz CT molecular complexity index is 1880. The number of ketones is 1. The van der Waals surface area contributed by atoms with Gasteiger partial charge in [0.1, 0.15) is 11.7 Å². The average molecular weight is 819 g/mol. The van der Waals surface area contributed by atoms with Crippen LogP contribution in [-0.2, 0) is 28.7 Å². The van der Waals surface area contributed by atoms with Gasteiger partial charge >= 0.3 is 11.9 Å². The first-order chi connectivity index (χ1) is 26.7. The van der Waals surface area contributed by atoms with Crippen LogP contribution in [0.2, 0.25) is 5.02 Å². The number of benzene rings is 1. The Balaban J connectivity index is 1.23. The summed E-state index contributed by atoms with van der Waals surface area (Å²) in [5, 5.41) is 3.75. The molecule has 0 saturated heterocycles. The third-order valence-corrected chi connectivity index (χ3v) is 16.9. The molecule has 0 aromatic heterocycles. The van der Waals surface area contributed by atoms with Crippen molar-refractivity contribution in [2.24, 2.45) is 56.2 Å². The number of allylic oxidation sites excluding steroid dienone is 3. The standard InChI is InChI=1S/C50H72ClNO6/c1-30(2)41-35(53)28-50(25-22-39(54)52-31(3)32-16-14-15-17-34(32)51)27-26-48(12)33(42(41)50)18-19-37-47(11)23-21-38(46(9,10)36(47)20-24-49(37,48)13)57-40(55)29-45(7,8)43(56)58-44(4,5)6/h14-17,22,25,30-31,33,36-38H,18-21,23-24,26-29H2,1-13H3,(H,52,54)/t31-,33-,36+,37-,38+,47+,48-,49-,50+/m1/s1. The van der Waals surface area contributed by atoms with Gasteiger partial charge in [-0.1, -0.05) is 84.3 Å². The molecule has 320 valence electrons. The third kappa shape index (κ3) is 7.55. The van der Waals surface area contributed by atoms with Crippen LogP contribution in [0.1, 0.15) is 166 Å². The zero-order valence-electron chi connectivity index (χ0n) is 37.8. The van der Waals surface area contributed by atoms with Gasteiger partial charge in [-0.05, 0) is 162 Å². The molecule has 6 rings (SSSR count). The quantitative estimate of drug-likeness (QED) is 0.197. The van der Waals surface area contributed by atoms with Crippen LogP contribution in [0, 0.1) is 56.2 Å². The van der Waals surface area contributed by atoms with Crippen molar-refractivity contribution in [3.05, 3.63) is 58.1 Å². The molecule has 5 aliphatic rings. The molecule has 9 atom stereocenters. The molecule has 4 fully saturated rings. The van der Waals surface area contributed by atoms with Crippen molar-refractivity contribution < 1.29 is 28.7 Å². The number of esters is 2. The van der Waals surface area contributed by atoms with Gasteiger partial charge in [-0.2, -0.15) is 0 Å². The smallest absolute Gasteiger partial charge is 0.312 e. The Morgan fingerprint density at radius 1 is 0.879 bits per heavy atom. The summed E-state index contributed by atoms with van der Waals surface area (Å²) in [5.41, 5.74) is 1.01. The predicted molar refractivity (Wildman–Crippen MR) is 231 cm³/mol. The molecule has 0 bridgehead atoms. The van der Waals surface area contributed by atoms with Crippen LogP contribution in [-0.4, -0.2) is 35.3 Å². The summed E-state index contributed by atoms with van der Waals surface area (Å²) in [6.07, 6.45) is 11.9. The molecule has 8 heteroatoms. The van der Waals surface area contributed by atoms with Crippen LogP contribution < -0.4 is 5.32 Å². The monoisotopic (exact) mass is 818 g/mol. The van der Waals surface area contributed by atoms with E-state index in [1.165, 1.54) is 5.57 Å². The van der Waals surface area contributed by atoms with Gasteiger partial charge < -0.3 is 14.8 Å². The summed E-state index contributed by atoms with van der Waals surface area (Å²) in [6, 6.07) is 7.34. The van der Waals surface area contributed by atoms with E-state index in [2.05, 4.69) is 59.9 Å². The van der Waals surface area contributed by atoms with Gasteiger partial charge in [-0.3, -0.25) is 19.2 Å². The summed E-state index contributed by atoms with van der Waals surface area (Å²) in [5.74, 6) is 0.595. The number of nitrogens with one attached hydrogen (secondary N) is 1. The number of fused-ring (bicyclic) bond motifs is 7. The molecule has 1 amide bonds. The van der Waals surface area contributed by atoms with Crippen molar-refractivity contribution in [2.45, 2.75) is 172 Å². The Labute approximate surface area is 354 Å². The van der Waals surface area contributed by atoms with Crippen LogP contribution >= 0.6 is 11.6 Å². The number of hydrogen-bond acceptors (Lipinski definition) is 6. The van der Waals surface area contributed by atoms with E-state index >= 15 is 0 Å². The maximum Gasteiger partial charge on any atom is 0.312 e. The van der Waals surface area contributed by atoms with E-state index < -0.39 is 16.4 Å². The summed E-state index contributed by atoms with van der Waals surface area (Å²) in [7, 11) is 0. The first-order valence-electron chi connectivity index (χ1n) is 22.2. The number of Topliss-reactive ketones (excluding diaryl/α,β-unsaturated/α-hetero) is 1. The Kier molecular flexibility index (Phi) is 11.7. The highest BCUT2D eigenvalue weighted by molar-refractivity contribution is 6.31. The Hall–Kier alpha value is -2.93. The molecule has 0 aliphatic heterocycles. The van der Waals surface area contributed by atoms with Crippen LogP contribution in [0.3, 0.4) is 0 Å². The first kappa shape index (κ1) is 44.6. The van der Waals surface area contributed by atoms with Crippen molar-refractivity contribution in [1.29, 1.82) is 0 Å². The van der Waals surface area contributed by atoms with Crippen molar-refractivity contribution >= 4 is 35.2 Å². The molecule has 58 heavy (non-hydrogen) atoms. The lowest BCUT2D eigenvalue weighted by Crippen LogP contribution is -2.65. The van der Waals surface area contributed by atoms with Crippen molar-refractivity contribution in [3.63, 3.8) is 0 Å². The van der Waals surface area contributed by atoms with Gasteiger partial charge in [-0.15, -0.1) is 0 Å². The number of ether oxygens (including phenoxy) is 2. The SMILES string of the molecule is CC(C)C1=C2[C@H]3CC[C@@H]4[C@@]5(C)CC[C@H](OC(=O)CC(C)(C)C(=O)OC(C)(C)C)C(C)(C)[C@@H]5CC[C@@]4(C)[C@]3(C)CC[C@@]2(C=CC(=O)N[C@H](C)c2ccccc2Cl)CC1=O. The van der Waals surface area contributed by atoms with Gasteiger partial charge in [0.05, 0.1) is 17.9 Å². The number of carbonyl (C=O) groups excluding carboxylic acids is 4. The molecular formula is C50H72ClNO6. The summed E-state index contributed by atoms with van der Waals surface area (Å²) in [4.78, 5) is 54.1. The second-order valence-electron chi connectivity index (χ2n) is 22.3. The fraction of sp³-hybridized carbons (Fsp3) is 0.720. The van der Waals surface area contributed by atoms with Gasteiger partial charge in [0.15, 0.2) is 5.78 Å². The molecule has 1 aromatic rings. The van der Waals surface area contributed by atoms with E-state index in [1.807, 2.05) is 52.0 Å². The fourth-order valence-electron chi connectivity index (χ4n) is 13.5. The topological polar surface area (TPSA) is 98.8 Å². The van der Waals surface area contributed by atoms with Crippen LogP contribution in [0.25, 0.3) is 0 Å². The highest BCUT2D eigenvalue weighted by atomic mass is 35.5. The third-order valence-electron chi connectivity index (χ3n) is 16.5. The highest BCUT2D eigenvalue weighted by Crippen LogP contribution is 2.77. The summed E-state index contributed by atoms with van der Waals surface area (Å²) in [6.45, 7) is 27.6. The molecule has 7 nitrogen and oxygen atoms in total. The van der Waals surface area contributed by atoms with E-state index in [-0.39, 0.29) is 75.7 Å². The molecule has 1 aromatic carbocycles. The largest absolute Gasteiger partial charge is 0.462 e. The second kappa shape index (κ2) is 15.2. The number of hydrogen-bond donors (Lipinski definition) is 1. The summed E-state index contributed by atoms with van der Waals surface area (Å²) < 4.78 is 12.0. The molecule has 5 aliphatic carbocycles. The number of carbonyl (C=O) groups is 4. The fourth-order valence-corrected chi connectivity index (χ4v) is 13.8. The number of halogens is 1. The maximum atomic E-state index is 14.1.